The molecule has 0 saturated carbocycles. The van der Waals surface area contributed by atoms with Crippen LogP contribution in [0.1, 0.15) is 27.3 Å². The highest BCUT2D eigenvalue weighted by Gasteiger charge is 2.31. The molecule has 13 heteroatoms. The van der Waals surface area contributed by atoms with E-state index in [1.807, 2.05) is 37.3 Å². The van der Waals surface area contributed by atoms with E-state index < -0.39 is 11.7 Å². The van der Waals surface area contributed by atoms with Crippen LogP contribution in [-0.2, 0) is 17.5 Å². The number of carbonyl (C=O) groups is 2. The standard InChI is InChI=1S/C27H21F3N6O2S2/c1-16-6-4-7-17(12-16)24(38)31-14-22-34-35-26(36(22)19-9-5-8-18(13-19)27(28,29)30)39-15-23(37)33-25-32-20-10-2-3-11-21(20)40-25/h2-13H,14-15H2,1H3,(H,31,38)(H,32,33,37). The zero-order valence-electron chi connectivity index (χ0n) is 20.9. The third-order valence-corrected chi connectivity index (χ3v) is 7.57. The van der Waals surface area contributed by atoms with Crippen LogP contribution in [0.2, 0.25) is 0 Å². The number of hydrogen-bond donors (Lipinski definition) is 2. The minimum atomic E-state index is -4.56. The van der Waals surface area contributed by atoms with Crippen molar-refractivity contribution >= 4 is 50.3 Å². The van der Waals surface area contributed by atoms with Crippen molar-refractivity contribution in [2.24, 2.45) is 0 Å². The molecule has 2 aromatic heterocycles. The molecule has 0 aliphatic rings. The Kier molecular flexibility index (Phi) is 7.85. The summed E-state index contributed by atoms with van der Waals surface area (Å²) in [5.41, 5.74) is 1.40. The quantitative estimate of drug-likeness (QED) is 0.222. The molecule has 2 amide bonds. The van der Waals surface area contributed by atoms with Gasteiger partial charge in [0.15, 0.2) is 16.1 Å². The predicted octanol–water partition coefficient (Wildman–Crippen LogP) is 5.87. The average Bonchev–Trinajstić information content (AvgIpc) is 3.53. The van der Waals surface area contributed by atoms with Crippen molar-refractivity contribution in [2.75, 3.05) is 11.1 Å². The van der Waals surface area contributed by atoms with Gasteiger partial charge in [0.1, 0.15) is 0 Å². The first-order valence-corrected chi connectivity index (χ1v) is 13.7. The Balaban J connectivity index is 1.37. The Morgan fingerprint density at radius 3 is 2.58 bits per heavy atom. The number of halogens is 3. The molecule has 8 nitrogen and oxygen atoms in total. The van der Waals surface area contributed by atoms with E-state index in [4.69, 9.17) is 0 Å². The molecule has 40 heavy (non-hydrogen) atoms. The summed E-state index contributed by atoms with van der Waals surface area (Å²) in [4.78, 5) is 29.7. The van der Waals surface area contributed by atoms with Gasteiger partial charge in [-0.25, -0.2) is 4.98 Å². The number of amides is 2. The SMILES string of the molecule is Cc1cccc(C(=O)NCc2nnc(SCC(=O)Nc3nc4ccccc4s3)n2-c2cccc(C(F)(F)F)c2)c1. The van der Waals surface area contributed by atoms with Gasteiger partial charge in [-0.15, -0.1) is 10.2 Å². The normalized spacial score (nSPS) is 11.5. The molecule has 0 saturated heterocycles. The Bertz CT molecular complexity index is 1670. The molecule has 204 valence electrons. The van der Waals surface area contributed by atoms with Crippen molar-refractivity contribution in [3.63, 3.8) is 0 Å². The van der Waals surface area contributed by atoms with Crippen LogP contribution in [0, 0.1) is 6.92 Å². The molecule has 0 unspecified atom stereocenters. The van der Waals surface area contributed by atoms with Crippen molar-refractivity contribution in [1.29, 1.82) is 0 Å². The number of nitrogens with one attached hydrogen (secondary N) is 2. The highest BCUT2D eigenvalue weighted by atomic mass is 32.2. The Hall–Kier alpha value is -4.23. The van der Waals surface area contributed by atoms with Crippen molar-refractivity contribution in [2.45, 2.75) is 24.8 Å². The lowest BCUT2D eigenvalue weighted by Crippen LogP contribution is -2.24. The summed E-state index contributed by atoms with van der Waals surface area (Å²) in [6, 6.07) is 19.2. The fourth-order valence-electron chi connectivity index (χ4n) is 3.85. The van der Waals surface area contributed by atoms with Gasteiger partial charge in [-0.05, 0) is 49.4 Å². The molecule has 2 N–H and O–H groups in total. The second-order valence-corrected chi connectivity index (χ2v) is 10.6. The number of aromatic nitrogens is 4. The first kappa shape index (κ1) is 27.3. The maximum absolute atomic E-state index is 13.5. The number of aryl methyl sites for hydroxylation is 1. The number of carbonyl (C=O) groups excluding carboxylic acids is 2. The number of thioether (sulfide) groups is 1. The van der Waals surface area contributed by atoms with Crippen molar-refractivity contribution in [1.82, 2.24) is 25.1 Å². The van der Waals surface area contributed by atoms with Gasteiger partial charge in [0.25, 0.3) is 5.91 Å². The highest BCUT2D eigenvalue weighted by Crippen LogP contribution is 2.32. The van der Waals surface area contributed by atoms with E-state index in [1.54, 1.807) is 18.2 Å². The summed E-state index contributed by atoms with van der Waals surface area (Å²) in [6.45, 7) is 1.76. The smallest absolute Gasteiger partial charge is 0.345 e. The van der Waals surface area contributed by atoms with E-state index in [0.717, 1.165) is 39.7 Å². The largest absolute Gasteiger partial charge is 0.416 e. The molecule has 2 heterocycles. The fourth-order valence-corrected chi connectivity index (χ4v) is 5.50. The van der Waals surface area contributed by atoms with Crippen molar-refractivity contribution in [3.05, 3.63) is 95.3 Å². The molecule has 0 aliphatic heterocycles. The number of fused-ring (bicyclic) bond motifs is 1. The van der Waals surface area contributed by atoms with Crippen molar-refractivity contribution < 1.29 is 22.8 Å². The summed E-state index contributed by atoms with van der Waals surface area (Å²) in [7, 11) is 0. The number of rotatable bonds is 8. The number of anilines is 1. The van der Waals surface area contributed by atoms with E-state index in [0.29, 0.717) is 10.7 Å². The van der Waals surface area contributed by atoms with Gasteiger partial charge < -0.3 is 10.6 Å². The zero-order chi connectivity index (χ0) is 28.3. The molecule has 3 aromatic carbocycles. The van der Waals surface area contributed by atoms with Crippen LogP contribution in [0.25, 0.3) is 15.9 Å². The van der Waals surface area contributed by atoms with Crippen LogP contribution in [0.15, 0.2) is 78.0 Å². The number of thiazole rings is 1. The molecular weight excluding hydrogens is 561 g/mol. The third-order valence-electron chi connectivity index (χ3n) is 5.69. The molecule has 5 aromatic rings. The lowest BCUT2D eigenvalue weighted by molar-refractivity contribution is -0.137. The van der Waals surface area contributed by atoms with Crippen LogP contribution in [0.4, 0.5) is 18.3 Å². The van der Waals surface area contributed by atoms with Gasteiger partial charge in [-0.3, -0.25) is 14.2 Å². The van der Waals surface area contributed by atoms with Crippen LogP contribution < -0.4 is 10.6 Å². The summed E-state index contributed by atoms with van der Waals surface area (Å²) >= 11 is 2.33. The van der Waals surface area contributed by atoms with E-state index >= 15 is 0 Å². The minimum Gasteiger partial charge on any atom is -0.345 e. The lowest BCUT2D eigenvalue weighted by atomic mass is 10.1. The number of nitrogens with zero attached hydrogens (tertiary/aromatic N) is 4. The second-order valence-electron chi connectivity index (χ2n) is 8.66. The third kappa shape index (κ3) is 6.32. The first-order chi connectivity index (χ1) is 19.2. The maximum atomic E-state index is 13.5. The van der Waals surface area contributed by atoms with Crippen LogP contribution >= 0.6 is 23.1 Å². The van der Waals surface area contributed by atoms with Gasteiger partial charge in [0, 0.05) is 5.56 Å². The Morgan fingerprint density at radius 2 is 1.80 bits per heavy atom. The van der Waals surface area contributed by atoms with E-state index in [2.05, 4.69) is 25.8 Å². The maximum Gasteiger partial charge on any atom is 0.416 e. The van der Waals surface area contributed by atoms with Crippen molar-refractivity contribution in [3.8, 4) is 5.69 Å². The van der Waals surface area contributed by atoms with E-state index in [1.165, 1.54) is 28.0 Å². The number of hydrogen-bond acceptors (Lipinski definition) is 7. The number of para-hydroxylation sites is 1. The summed E-state index contributed by atoms with van der Waals surface area (Å²) in [5.74, 6) is -0.624. The second kappa shape index (κ2) is 11.5. The van der Waals surface area contributed by atoms with Crippen LogP contribution in [-0.4, -0.2) is 37.3 Å². The number of benzene rings is 3. The summed E-state index contributed by atoms with van der Waals surface area (Å²) in [5, 5.41) is 14.3. The predicted molar refractivity (Wildman–Crippen MR) is 148 cm³/mol. The molecule has 0 spiro atoms. The van der Waals surface area contributed by atoms with Gasteiger partial charge in [0.05, 0.1) is 33.8 Å². The Labute approximate surface area is 234 Å². The van der Waals surface area contributed by atoms with E-state index in [-0.39, 0.29) is 40.8 Å². The highest BCUT2D eigenvalue weighted by molar-refractivity contribution is 7.99. The minimum absolute atomic E-state index is 0.0946. The summed E-state index contributed by atoms with van der Waals surface area (Å²) in [6.07, 6.45) is -4.56. The van der Waals surface area contributed by atoms with Gasteiger partial charge in [0.2, 0.25) is 5.91 Å². The molecule has 0 atom stereocenters. The van der Waals surface area contributed by atoms with Gasteiger partial charge in [-0.1, -0.05) is 59.0 Å². The van der Waals surface area contributed by atoms with Crippen LogP contribution in [0.5, 0.6) is 0 Å². The van der Waals surface area contributed by atoms with Crippen LogP contribution in [0.3, 0.4) is 0 Å². The molecule has 5 rings (SSSR count). The summed E-state index contributed by atoms with van der Waals surface area (Å²) < 4.78 is 42.7. The lowest BCUT2D eigenvalue weighted by Gasteiger charge is -2.13. The molecule has 0 bridgehead atoms. The average molecular weight is 583 g/mol. The fraction of sp³-hybridized carbons (Fsp3) is 0.148. The zero-order valence-corrected chi connectivity index (χ0v) is 22.5. The molecule has 0 radical (unpaired) electrons. The first-order valence-electron chi connectivity index (χ1n) is 11.9. The molecule has 0 aliphatic carbocycles. The van der Waals surface area contributed by atoms with E-state index in [9.17, 15) is 22.8 Å². The van der Waals surface area contributed by atoms with Gasteiger partial charge >= 0.3 is 6.18 Å². The monoisotopic (exact) mass is 582 g/mol. The Morgan fingerprint density at radius 1 is 1.00 bits per heavy atom. The number of alkyl halides is 3. The molecular formula is C27H21F3N6O2S2. The molecule has 0 fully saturated rings. The topological polar surface area (TPSA) is 102 Å². The van der Waals surface area contributed by atoms with Gasteiger partial charge in [-0.2, -0.15) is 13.2 Å².